The SMILES string of the molecule is C[C@@H](O)C1CCN([C@@H]2CCN(c3cccc(Cl)c3)C2=O)CC1. The minimum atomic E-state index is -0.246. The number of hydrogen-bond acceptors (Lipinski definition) is 3. The van der Waals surface area contributed by atoms with Gasteiger partial charge in [0.15, 0.2) is 0 Å². The number of anilines is 1. The van der Waals surface area contributed by atoms with E-state index in [1.807, 2.05) is 36.1 Å². The number of piperidine rings is 1. The van der Waals surface area contributed by atoms with Crippen molar-refractivity contribution >= 4 is 23.2 Å². The summed E-state index contributed by atoms with van der Waals surface area (Å²) in [4.78, 5) is 16.9. The van der Waals surface area contributed by atoms with Crippen LogP contribution in [-0.4, -0.2) is 47.7 Å². The fraction of sp³-hybridized carbons (Fsp3) is 0.588. The number of likely N-dealkylation sites (tertiary alicyclic amines) is 1. The molecule has 0 spiro atoms. The maximum absolute atomic E-state index is 12.7. The molecule has 0 unspecified atom stereocenters. The second-order valence-corrected chi connectivity index (χ2v) is 6.82. The van der Waals surface area contributed by atoms with Crippen molar-refractivity contribution in [1.82, 2.24) is 4.90 Å². The molecule has 1 aromatic carbocycles. The predicted octanol–water partition coefficient (Wildman–Crippen LogP) is 2.54. The summed E-state index contributed by atoms with van der Waals surface area (Å²) < 4.78 is 0. The van der Waals surface area contributed by atoms with Crippen molar-refractivity contribution in [2.45, 2.75) is 38.3 Å². The lowest BCUT2D eigenvalue weighted by atomic mass is 9.91. The van der Waals surface area contributed by atoms with Crippen molar-refractivity contribution in [3.8, 4) is 0 Å². The van der Waals surface area contributed by atoms with E-state index in [1.165, 1.54) is 0 Å². The van der Waals surface area contributed by atoms with Gasteiger partial charge < -0.3 is 10.0 Å². The number of nitrogens with zero attached hydrogens (tertiary/aromatic N) is 2. The van der Waals surface area contributed by atoms with Gasteiger partial charge in [-0.25, -0.2) is 0 Å². The Kier molecular flexibility index (Phi) is 4.71. The first-order valence-corrected chi connectivity index (χ1v) is 8.43. The molecule has 0 bridgehead atoms. The van der Waals surface area contributed by atoms with Gasteiger partial charge in [-0.05, 0) is 63.4 Å². The topological polar surface area (TPSA) is 43.8 Å². The monoisotopic (exact) mass is 322 g/mol. The molecule has 0 aromatic heterocycles. The van der Waals surface area contributed by atoms with Crippen LogP contribution < -0.4 is 4.90 Å². The zero-order valence-electron chi connectivity index (χ0n) is 12.9. The van der Waals surface area contributed by atoms with Gasteiger partial charge in [-0.15, -0.1) is 0 Å². The van der Waals surface area contributed by atoms with Gasteiger partial charge >= 0.3 is 0 Å². The normalized spacial score (nSPS) is 25.7. The molecular formula is C17H23ClN2O2. The van der Waals surface area contributed by atoms with Gasteiger partial charge in [-0.2, -0.15) is 0 Å². The number of halogens is 1. The summed E-state index contributed by atoms with van der Waals surface area (Å²) >= 11 is 6.03. The van der Waals surface area contributed by atoms with Gasteiger partial charge in [-0.1, -0.05) is 17.7 Å². The van der Waals surface area contributed by atoms with E-state index < -0.39 is 0 Å². The van der Waals surface area contributed by atoms with E-state index in [9.17, 15) is 9.90 Å². The van der Waals surface area contributed by atoms with Crippen LogP contribution >= 0.6 is 11.6 Å². The number of rotatable bonds is 3. The van der Waals surface area contributed by atoms with E-state index in [0.717, 1.165) is 44.6 Å². The van der Waals surface area contributed by atoms with E-state index >= 15 is 0 Å². The molecule has 120 valence electrons. The van der Waals surface area contributed by atoms with Crippen LogP contribution in [0.3, 0.4) is 0 Å². The van der Waals surface area contributed by atoms with Crippen molar-refractivity contribution in [2.24, 2.45) is 5.92 Å². The Bertz CT molecular complexity index is 541. The lowest BCUT2D eigenvalue weighted by Crippen LogP contribution is -2.47. The molecule has 22 heavy (non-hydrogen) atoms. The molecule has 2 aliphatic heterocycles. The summed E-state index contributed by atoms with van der Waals surface area (Å²) in [6.07, 6.45) is 2.56. The number of aliphatic hydroxyl groups is 1. The summed E-state index contributed by atoms with van der Waals surface area (Å²) in [5.74, 6) is 0.551. The average molecular weight is 323 g/mol. The van der Waals surface area contributed by atoms with Gasteiger partial charge in [0.25, 0.3) is 0 Å². The number of carbonyl (C=O) groups is 1. The Morgan fingerprint density at radius 3 is 2.59 bits per heavy atom. The molecule has 2 saturated heterocycles. The lowest BCUT2D eigenvalue weighted by Gasteiger charge is -2.36. The molecule has 2 fully saturated rings. The third-order valence-corrected chi connectivity index (χ3v) is 5.23. The van der Waals surface area contributed by atoms with Crippen LogP contribution in [0.25, 0.3) is 0 Å². The average Bonchev–Trinajstić information content (AvgIpc) is 2.89. The summed E-state index contributed by atoms with van der Waals surface area (Å²) in [7, 11) is 0. The second-order valence-electron chi connectivity index (χ2n) is 6.39. The van der Waals surface area contributed by atoms with E-state index in [4.69, 9.17) is 11.6 Å². The fourth-order valence-corrected chi connectivity index (χ4v) is 3.80. The Balaban J connectivity index is 1.65. The highest BCUT2D eigenvalue weighted by Gasteiger charge is 2.38. The van der Waals surface area contributed by atoms with E-state index in [2.05, 4.69) is 4.90 Å². The van der Waals surface area contributed by atoms with Gasteiger partial charge in [0.05, 0.1) is 12.1 Å². The van der Waals surface area contributed by atoms with Crippen molar-refractivity contribution in [1.29, 1.82) is 0 Å². The predicted molar refractivity (Wildman–Crippen MR) is 88.2 cm³/mol. The van der Waals surface area contributed by atoms with Crippen molar-refractivity contribution in [2.75, 3.05) is 24.5 Å². The third-order valence-electron chi connectivity index (χ3n) is 4.99. The molecule has 1 amide bonds. The fourth-order valence-electron chi connectivity index (χ4n) is 3.62. The molecule has 2 atom stereocenters. The number of benzene rings is 1. The van der Waals surface area contributed by atoms with Gasteiger partial charge in [0.1, 0.15) is 0 Å². The summed E-state index contributed by atoms with van der Waals surface area (Å²) in [5, 5.41) is 10.4. The van der Waals surface area contributed by atoms with E-state index in [-0.39, 0.29) is 18.1 Å². The maximum atomic E-state index is 12.7. The molecule has 2 aliphatic rings. The highest BCUT2D eigenvalue weighted by atomic mass is 35.5. The first kappa shape index (κ1) is 15.8. The minimum absolute atomic E-state index is 0.0195. The quantitative estimate of drug-likeness (QED) is 0.930. The van der Waals surface area contributed by atoms with Crippen LogP contribution in [0, 0.1) is 5.92 Å². The third kappa shape index (κ3) is 3.14. The summed E-state index contributed by atoms with van der Waals surface area (Å²) in [6.45, 7) is 4.41. The number of aliphatic hydroxyl groups excluding tert-OH is 1. The molecule has 0 radical (unpaired) electrons. The Morgan fingerprint density at radius 1 is 1.23 bits per heavy atom. The first-order valence-electron chi connectivity index (χ1n) is 8.05. The molecule has 0 aliphatic carbocycles. The van der Waals surface area contributed by atoms with Crippen LogP contribution in [-0.2, 0) is 4.79 Å². The first-order chi connectivity index (χ1) is 10.6. The number of carbonyl (C=O) groups excluding carboxylic acids is 1. The molecule has 3 rings (SSSR count). The molecule has 1 N–H and O–H groups in total. The molecule has 1 aromatic rings. The highest BCUT2D eigenvalue weighted by molar-refractivity contribution is 6.30. The Hall–Kier alpha value is -1.10. The van der Waals surface area contributed by atoms with E-state index in [1.54, 1.807) is 0 Å². The van der Waals surface area contributed by atoms with Crippen LogP contribution in [0.15, 0.2) is 24.3 Å². The Labute approximate surface area is 136 Å². The molecule has 4 nitrogen and oxygen atoms in total. The van der Waals surface area contributed by atoms with Gasteiger partial charge in [0, 0.05) is 17.3 Å². The zero-order valence-corrected chi connectivity index (χ0v) is 13.7. The van der Waals surface area contributed by atoms with Crippen molar-refractivity contribution < 1.29 is 9.90 Å². The van der Waals surface area contributed by atoms with Crippen LogP contribution in [0.2, 0.25) is 5.02 Å². The Morgan fingerprint density at radius 2 is 1.95 bits per heavy atom. The standard InChI is InChI=1S/C17H23ClN2O2/c1-12(21)13-5-8-19(9-6-13)16-7-10-20(17(16)22)15-4-2-3-14(18)11-15/h2-4,11-13,16,21H,5-10H2,1H3/t12-,16-/m1/s1. The van der Waals surface area contributed by atoms with Gasteiger partial charge in [0.2, 0.25) is 5.91 Å². The van der Waals surface area contributed by atoms with E-state index in [0.29, 0.717) is 10.9 Å². The highest BCUT2D eigenvalue weighted by Crippen LogP contribution is 2.29. The maximum Gasteiger partial charge on any atom is 0.244 e. The smallest absolute Gasteiger partial charge is 0.244 e. The van der Waals surface area contributed by atoms with Crippen molar-refractivity contribution in [3.63, 3.8) is 0 Å². The zero-order chi connectivity index (χ0) is 15.7. The largest absolute Gasteiger partial charge is 0.393 e. The lowest BCUT2D eigenvalue weighted by molar-refractivity contribution is -0.122. The molecule has 5 heteroatoms. The van der Waals surface area contributed by atoms with Gasteiger partial charge in [-0.3, -0.25) is 9.69 Å². The van der Waals surface area contributed by atoms with Crippen LogP contribution in [0.4, 0.5) is 5.69 Å². The number of amides is 1. The summed E-state index contributed by atoms with van der Waals surface area (Å²) in [5.41, 5.74) is 0.888. The molecular weight excluding hydrogens is 300 g/mol. The van der Waals surface area contributed by atoms with Crippen LogP contribution in [0.5, 0.6) is 0 Å². The molecule has 2 heterocycles. The number of hydrogen-bond donors (Lipinski definition) is 1. The molecule has 0 saturated carbocycles. The minimum Gasteiger partial charge on any atom is -0.393 e. The second kappa shape index (κ2) is 6.57. The van der Waals surface area contributed by atoms with Crippen LogP contribution in [0.1, 0.15) is 26.2 Å². The van der Waals surface area contributed by atoms with Crippen molar-refractivity contribution in [3.05, 3.63) is 29.3 Å². The summed E-state index contributed by atoms with van der Waals surface area (Å²) in [6, 6.07) is 7.47.